The van der Waals surface area contributed by atoms with E-state index in [-0.39, 0.29) is 16.6 Å². The predicted molar refractivity (Wildman–Crippen MR) is 89.0 cm³/mol. The highest BCUT2D eigenvalue weighted by Crippen LogP contribution is 2.36. The Labute approximate surface area is 141 Å². The van der Waals surface area contributed by atoms with Gasteiger partial charge in [0.05, 0.1) is 17.5 Å². The van der Waals surface area contributed by atoms with Crippen molar-refractivity contribution in [3.8, 4) is 0 Å². The molecule has 2 aromatic rings. The van der Waals surface area contributed by atoms with E-state index >= 15 is 0 Å². The van der Waals surface area contributed by atoms with Crippen molar-refractivity contribution in [2.75, 3.05) is 18.8 Å². The molecule has 0 aliphatic heterocycles. The molecule has 9 heteroatoms. The summed E-state index contributed by atoms with van der Waals surface area (Å²) in [5.41, 5.74) is 8.41. The van der Waals surface area contributed by atoms with Gasteiger partial charge in [0.1, 0.15) is 0 Å². The predicted octanol–water partition coefficient (Wildman–Crippen LogP) is 1.53. The molecule has 0 radical (unpaired) electrons. The van der Waals surface area contributed by atoms with Crippen LogP contribution in [0.25, 0.3) is 10.9 Å². The number of nitrogens with one attached hydrogen (secondary N) is 2. The van der Waals surface area contributed by atoms with Gasteiger partial charge in [-0.1, -0.05) is 6.07 Å². The normalized spacial score (nSPS) is 11.7. The van der Waals surface area contributed by atoms with E-state index in [1.807, 2.05) is 0 Å². The van der Waals surface area contributed by atoms with E-state index in [2.05, 4.69) is 10.3 Å². The molecule has 1 aromatic carbocycles. The Morgan fingerprint density at radius 1 is 1.24 bits per heavy atom. The summed E-state index contributed by atoms with van der Waals surface area (Å²) in [6, 6.07) is 3.75. The lowest BCUT2D eigenvalue weighted by Crippen LogP contribution is -2.31. The van der Waals surface area contributed by atoms with E-state index in [4.69, 9.17) is 11.5 Å². The zero-order valence-electron chi connectivity index (χ0n) is 13.4. The first-order chi connectivity index (χ1) is 11.7. The highest BCUT2D eigenvalue weighted by Gasteiger charge is 2.37. The lowest BCUT2D eigenvalue weighted by Gasteiger charge is -2.15. The molecule has 6 nitrogen and oxygen atoms in total. The van der Waals surface area contributed by atoms with Crippen LogP contribution in [-0.2, 0) is 17.4 Å². The lowest BCUT2D eigenvalue weighted by atomic mass is 10.00. The first kappa shape index (κ1) is 18.8. The van der Waals surface area contributed by atoms with Crippen LogP contribution in [0.15, 0.2) is 23.0 Å². The maximum Gasteiger partial charge on any atom is 0.417 e. The fourth-order valence-electron chi connectivity index (χ4n) is 2.57. The van der Waals surface area contributed by atoms with Crippen LogP contribution in [0.5, 0.6) is 0 Å². The van der Waals surface area contributed by atoms with E-state index in [1.165, 1.54) is 18.2 Å². The molecule has 0 saturated carbocycles. The average molecular weight is 356 g/mol. The Balaban J connectivity index is 2.42. The van der Waals surface area contributed by atoms with Gasteiger partial charge in [-0.15, -0.1) is 0 Å². The van der Waals surface area contributed by atoms with Gasteiger partial charge in [-0.2, -0.15) is 13.2 Å². The molecule has 0 spiro atoms. The van der Waals surface area contributed by atoms with Gasteiger partial charge < -0.3 is 21.8 Å². The third kappa shape index (κ3) is 4.50. The molecule has 136 valence electrons. The highest BCUT2D eigenvalue weighted by atomic mass is 19.4. The van der Waals surface area contributed by atoms with Crippen LogP contribution in [0.4, 0.5) is 18.9 Å². The Bertz CT molecular complexity index is 830. The van der Waals surface area contributed by atoms with Crippen LogP contribution in [0, 0.1) is 0 Å². The number of rotatable bonds is 6. The number of pyridine rings is 1. The first-order valence-electron chi connectivity index (χ1n) is 7.72. The van der Waals surface area contributed by atoms with Crippen LogP contribution in [-0.4, -0.2) is 24.0 Å². The number of nitrogen functional groups attached to an aromatic ring is 1. The minimum atomic E-state index is -4.78. The standard InChI is InChI=1S/C16H19F3N4O2/c17-16(18,19)14-10-4-3-9(21)7-12(10)23-15(25)11(14)8-13(24)22-6-2-1-5-20/h3-4,7H,1-2,5-6,8,20-21H2,(H,22,24)(H,23,25). The van der Waals surface area contributed by atoms with Gasteiger partial charge in [-0.05, 0) is 31.5 Å². The summed E-state index contributed by atoms with van der Waals surface area (Å²) in [6.07, 6.45) is -4.14. The van der Waals surface area contributed by atoms with Crippen LogP contribution in [0.3, 0.4) is 0 Å². The number of alkyl halides is 3. The van der Waals surface area contributed by atoms with Crippen molar-refractivity contribution < 1.29 is 18.0 Å². The van der Waals surface area contributed by atoms with Gasteiger partial charge in [0.2, 0.25) is 5.91 Å². The number of anilines is 1. The van der Waals surface area contributed by atoms with Crippen LogP contribution in [0.1, 0.15) is 24.0 Å². The van der Waals surface area contributed by atoms with Crippen molar-refractivity contribution in [1.82, 2.24) is 10.3 Å². The van der Waals surface area contributed by atoms with Gasteiger partial charge in [0.25, 0.3) is 5.56 Å². The largest absolute Gasteiger partial charge is 0.417 e. The van der Waals surface area contributed by atoms with Crippen molar-refractivity contribution in [2.45, 2.75) is 25.4 Å². The number of hydrogen-bond acceptors (Lipinski definition) is 4. The van der Waals surface area contributed by atoms with Gasteiger partial charge in [0.15, 0.2) is 0 Å². The molecule has 2 rings (SSSR count). The molecular formula is C16H19F3N4O2. The number of amides is 1. The molecular weight excluding hydrogens is 337 g/mol. The molecule has 0 bridgehead atoms. The van der Waals surface area contributed by atoms with E-state index in [1.54, 1.807) is 0 Å². The highest BCUT2D eigenvalue weighted by molar-refractivity contribution is 5.88. The number of aromatic nitrogens is 1. The maximum atomic E-state index is 13.5. The molecule has 6 N–H and O–H groups in total. The molecule has 0 aliphatic rings. The average Bonchev–Trinajstić information content (AvgIpc) is 2.51. The molecule has 0 atom stereocenters. The van der Waals surface area contributed by atoms with Crippen molar-refractivity contribution in [2.24, 2.45) is 5.73 Å². The molecule has 1 amide bonds. The summed E-state index contributed by atoms with van der Waals surface area (Å²) in [5.74, 6) is -0.650. The second kappa shape index (κ2) is 7.56. The molecule has 25 heavy (non-hydrogen) atoms. The summed E-state index contributed by atoms with van der Waals surface area (Å²) in [6.45, 7) is 0.751. The number of benzene rings is 1. The molecule has 1 heterocycles. The lowest BCUT2D eigenvalue weighted by molar-refractivity contribution is -0.137. The minimum absolute atomic E-state index is 0.0237. The van der Waals surface area contributed by atoms with E-state index in [0.717, 1.165) is 0 Å². The van der Waals surface area contributed by atoms with E-state index < -0.39 is 35.2 Å². The van der Waals surface area contributed by atoms with E-state index in [0.29, 0.717) is 25.9 Å². The van der Waals surface area contributed by atoms with Crippen LogP contribution < -0.4 is 22.3 Å². The number of halogens is 3. The second-order valence-electron chi connectivity index (χ2n) is 5.63. The Morgan fingerprint density at radius 2 is 1.96 bits per heavy atom. The number of unbranched alkanes of at least 4 members (excludes halogenated alkanes) is 1. The third-order valence-electron chi connectivity index (χ3n) is 3.71. The fourth-order valence-corrected chi connectivity index (χ4v) is 2.57. The van der Waals surface area contributed by atoms with Gasteiger partial charge in [-0.25, -0.2) is 0 Å². The number of carbonyl (C=O) groups is 1. The Morgan fingerprint density at radius 3 is 2.60 bits per heavy atom. The molecule has 0 unspecified atom stereocenters. The third-order valence-corrected chi connectivity index (χ3v) is 3.71. The number of aromatic amines is 1. The number of hydrogen-bond donors (Lipinski definition) is 4. The van der Waals surface area contributed by atoms with Crippen molar-refractivity contribution in [3.05, 3.63) is 39.7 Å². The summed E-state index contributed by atoms with van der Waals surface area (Å²) < 4.78 is 40.6. The van der Waals surface area contributed by atoms with Crippen LogP contribution in [0.2, 0.25) is 0 Å². The van der Waals surface area contributed by atoms with E-state index in [9.17, 15) is 22.8 Å². The van der Waals surface area contributed by atoms with Gasteiger partial charge in [-0.3, -0.25) is 9.59 Å². The molecule has 0 aliphatic carbocycles. The van der Waals surface area contributed by atoms with Crippen molar-refractivity contribution in [3.63, 3.8) is 0 Å². The number of carbonyl (C=O) groups excluding carboxylic acids is 1. The number of H-pyrrole nitrogens is 1. The summed E-state index contributed by atoms with van der Waals surface area (Å²) >= 11 is 0. The monoisotopic (exact) mass is 356 g/mol. The van der Waals surface area contributed by atoms with Gasteiger partial charge >= 0.3 is 6.18 Å². The minimum Gasteiger partial charge on any atom is -0.399 e. The zero-order chi connectivity index (χ0) is 18.6. The van der Waals surface area contributed by atoms with Gasteiger partial charge in [0, 0.05) is 23.2 Å². The summed E-state index contributed by atoms with van der Waals surface area (Å²) in [4.78, 5) is 26.4. The maximum absolute atomic E-state index is 13.5. The number of fused-ring (bicyclic) bond motifs is 1. The van der Waals surface area contributed by atoms with Crippen LogP contribution >= 0.6 is 0 Å². The molecule has 0 saturated heterocycles. The molecule has 0 fully saturated rings. The summed E-state index contributed by atoms with van der Waals surface area (Å²) in [7, 11) is 0. The zero-order valence-corrected chi connectivity index (χ0v) is 13.4. The SMILES string of the molecule is NCCCCNC(=O)Cc1c(C(F)(F)F)c2ccc(N)cc2[nH]c1=O. The van der Waals surface area contributed by atoms with Crippen molar-refractivity contribution >= 4 is 22.5 Å². The number of nitrogens with two attached hydrogens (primary N) is 2. The Hall–Kier alpha value is -2.55. The summed E-state index contributed by atoms with van der Waals surface area (Å²) in [5, 5.41) is 2.29. The van der Waals surface area contributed by atoms with Crippen molar-refractivity contribution in [1.29, 1.82) is 0 Å². The second-order valence-corrected chi connectivity index (χ2v) is 5.63. The molecule has 1 aromatic heterocycles. The fraction of sp³-hybridized carbons (Fsp3) is 0.375. The smallest absolute Gasteiger partial charge is 0.399 e. The first-order valence-corrected chi connectivity index (χ1v) is 7.72. The quantitative estimate of drug-likeness (QED) is 0.464. The topological polar surface area (TPSA) is 114 Å². The Kier molecular flexibility index (Phi) is 5.68.